The van der Waals surface area contributed by atoms with Crippen molar-refractivity contribution in [3.63, 3.8) is 0 Å². The predicted molar refractivity (Wildman–Crippen MR) is 18.8 cm³/mol. The zero-order valence-corrected chi connectivity index (χ0v) is 3.80. The van der Waals surface area contributed by atoms with Gasteiger partial charge in [0.2, 0.25) is 0 Å². The van der Waals surface area contributed by atoms with Gasteiger partial charge in [-0.25, -0.2) is 0 Å². The fraction of sp³-hybridized carbons (Fsp3) is 0.750. The third-order valence-corrected chi connectivity index (χ3v) is 1.10. The predicted octanol–water partition coefficient (Wildman–Crippen LogP) is 1.86. The summed E-state index contributed by atoms with van der Waals surface area (Å²) in [6, 6.07) is 0. The van der Waals surface area contributed by atoms with Gasteiger partial charge < -0.3 is 0 Å². The lowest BCUT2D eigenvalue weighted by atomic mass is 9.90. The van der Waals surface area contributed by atoms with Gasteiger partial charge in [-0.2, -0.15) is 17.6 Å². The van der Waals surface area contributed by atoms with E-state index in [1.807, 2.05) is 0 Å². The molecule has 0 N–H and O–H groups in total. The summed E-state index contributed by atoms with van der Waals surface area (Å²) in [5.41, 5.74) is 0. The molecule has 0 saturated heterocycles. The van der Waals surface area contributed by atoms with Crippen molar-refractivity contribution in [2.45, 2.75) is 18.3 Å². The van der Waals surface area contributed by atoms with Crippen molar-refractivity contribution in [3.05, 3.63) is 6.42 Å². The summed E-state index contributed by atoms with van der Waals surface area (Å²) in [6.45, 7) is 0. The van der Waals surface area contributed by atoms with Crippen LogP contribution >= 0.6 is 0 Å². The Hall–Kier alpha value is -0.280. The molecule has 0 aromatic heterocycles. The molecule has 1 saturated carbocycles. The zero-order chi connectivity index (χ0) is 6.41. The van der Waals surface area contributed by atoms with Crippen molar-refractivity contribution < 1.29 is 17.6 Å². The van der Waals surface area contributed by atoms with Crippen molar-refractivity contribution in [3.8, 4) is 0 Å². The van der Waals surface area contributed by atoms with Gasteiger partial charge in [0.1, 0.15) is 0 Å². The molecular formula is C4H3F4. The molecule has 1 rings (SSSR count). The summed E-state index contributed by atoms with van der Waals surface area (Å²) in [7, 11) is 0. The first-order valence-corrected chi connectivity index (χ1v) is 2.06. The van der Waals surface area contributed by atoms with Gasteiger partial charge in [0.25, 0.3) is 0 Å². The van der Waals surface area contributed by atoms with Crippen LogP contribution in [0.5, 0.6) is 0 Å². The largest absolute Gasteiger partial charge is 0.313 e. The molecule has 0 heterocycles. The zero-order valence-electron chi connectivity index (χ0n) is 3.80. The summed E-state index contributed by atoms with van der Waals surface area (Å²) in [6.07, 6.45) is -0.479. The molecule has 0 aromatic rings. The van der Waals surface area contributed by atoms with Gasteiger partial charge in [0, 0.05) is 12.8 Å². The molecule has 0 bridgehead atoms. The Morgan fingerprint density at radius 1 is 1.12 bits per heavy atom. The SMILES string of the molecule is FC1(F)[CH]CC1(F)F. The van der Waals surface area contributed by atoms with Crippen LogP contribution in [-0.2, 0) is 0 Å². The Morgan fingerprint density at radius 2 is 1.50 bits per heavy atom. The van der Waals surface area contributed by atoms with Gasteiger partial charge >= 0.3 is 11.8 Å². The van der Waals surface area contributed by atoms with Crippen LogP contribution in [0.4, 0.5) is 17.6 Å². The summed E-state index contributed by atoms with van der Waals surface area (Å²) >= 11 is 0. The first kappa shape index (κ1) is 5.85. The molecule has 0 unspecified atom stereocenters. The molecule has 1 fully saturated rings. The quantitative estimate of drug-likeness (QED) is 0.435. The van der Waals surface area contributed by atoms with Crippen molar-refractivity contribution in [2.75, 3.05) is 0 Å². The minimum Gasteiger partial charge on any atom is -0.200 e. The van der Waals surface area contributed by atoms with E-state index in [0.717, 1.165) is 0 Å². The lowest BCUT2D eigenvalue weighted by Crippen LogP contribution is -2.50. The van der Waals surface area contributed by atoms with Gasteiger partial charge in [0.05, 0.1) is 0 Å². The molecule has 0 atom stereocenters. The summed E-state index contributed by atoms with van der Waals surface area (Å²) in [5.74, 6) is -7.61. The fourth-order valence-electron chi connectivity index (χ4n) is 0.411. The lowest BCUT2D eigenvalue weighted by molar-refractivity contribution is -0.236. The molecule has 4 heteroatoms. The van der Waals surface area contributed by atoms with Gasteiger partial charge in [-0.05, 0) is 0 Å². The summed E-state index contributed by atoms with van der Waals surface area (Å²) in [5, 5.41) is 0. The molecule has 0 aliphatic heterocycles. The van der Waals surface area contributed by atoms with Crippen LogP contribution in [0.15, 0.2) is 0 Å². The highest BCUT2D eigenvalue weighted by molar-refractivity contribution is 5.09. The normalized spacial score (nSPS) is 31.5. The highest BCUT2D eigenvalue weighted by Crippen LogP contribution is 2.49. The Balaban J connectivity index is 2.63. The van der Waals surface area contributed by atoms with Crippen LogP contribution in [0, 0.1) is 6.42 Å². The van der Waals surface area contributed by atoms with Crippen LogP contribution in [0.2, 0.25) is 0 Å². The van der Waals surface area contributed by atoms with Crippen LogP contribution in [-0.4, -0.2) is 11.8 Å². The van der Waals surface area contributed by atoms with Gasteiger partial charge in [-0.1, -0.05) is 0 Å². The van der Waals surface area contributed by atoms with Crippen LogP contribution in [0.1, 0.15) is 6.42 Å². The second kappa shape index (κ2) is 1.17. The number of rotatable bonds is 0. The highest BCUT2D eigenvalue weighted by Gasteiger charge is 2.64. The molecule has 1 aliphatic carbocycles. The van der Waals surface area contributed by atoms with E-state index in [1.165, 1.54) is 0 Å². The molecule has 1 aliphatic rings. The molecule has 47 valence electrons. The molecule has 8 heavy (non-hydrogen) atoms. The van der Waals surface area contributed by atoms with Crippen molar-refractivity contribution in [1.82, 2.24) is 0 Å². The molecule has 0 aromatic carbocycles. The van der Waals surface area contributed by atoms with Gasteiger partial charge in [-0.15, -0.1) is 0 Å². The van der Waals surface area contributed by atoms with E-state index in [-0.39, 0.29) is 0 Å². The molecular weight excluding hydrogens is 124 g/mol. The number of hydrogen-bond acceptors (Lipinski definition) is 0. The molecule has 0 amide bonds. The number of hydrogen-bond donors (Lipinski definition) is 0. The van der Waals surface area contributed by atoms with E-state index < -0.39 is 18.3 Å². The summed E-state index contributed by atoms with van der Waals surface area (Å²) in [4.78, 5) is 0. The minimum atomic E-state index is -3.84. The minimum absolute atomic E-state index is 0.312. The first-order chi connectivity index (χ1) is 3.46. The van der Waals surface area contributed by atoms with Crippen molar-refractivity contribution in [1.29, 1.82) is 0 Å². The monoisotopic (exact) mass is 127 g/mol. The van der Waals surface area contributed by atoms with E-state index in [2.05, 4.69) is 0 Å². The Kier molecular flexibility index (Phi) is 0.854. The van der Waals surface area contributed by atoms with E-state index in [9.17, 15) is 17.6 Å². The van der Waals surface area contributed by atoms with E-state index in [1.54, 1.807) is 0 Å². The number of halogens is 4. The highest BCUT2D eigenvalue weighted by atomic mass is 19.3. The van der Waals surface area contributed by atoms with E-state index in [0.29, 0.717) is 6.42 Å². The first-order valence-electron chi connectivity index (χ1n) is 2.06. The second-order valence-electron chi connectivity index (χ2n) is 1.74. The third kappa shape index (κ3) is 0.516. The van der Waals surface area contributed by atoms with Crippen LogP contribution in [0.3, 0.4) is 0 Å². The lowest BCUT2D eigenvalue weighted by Gasteiger charge is -2.34. The second-order valence-corrected chi connectivity index (χ2v) is 1.74. The Bertz CT molecular complexity index is 92.6. The topological polar surface area (TPSA) is 0 Å². The Labute approximate surface area is 43.5 Å². The molecule has 0 spiro atoms. The standard InChI is InChI=1S/C4H3F4/c5-3(6)1-2-4(3,7)8/h1H,2H2. The maximum absolute atomic E-state index is 11.5. The van der Waals surface area contributed by atoms with Crippen LogP contribution in [0.25, 0.3) is 0 Å². The Morgan fingerprint density at radius 3 is 1.50 bits per heavy atom. The van der Waals surface area contributed by atoms with E-state index in [4.69, 9.17) is 0 Å². The number of alkyl halides is 4. The molecule has 0 nitrogen and oxygen atoms in total. The fourth-order valence-corrected chi connectivity index (χ4v) is 0.411. The maximum atomic E-state index is 11.5. The molecule has 1 radical (unpaired) electrons. The van der Waals surface area contributed by atoms with Crippen molar-refractivity contribution >= 4 is 0 Å². The van der Waals surface area contributed by atoms with Gasteiger partial charge in [0.15, 0.2) is 0 Å². The van der Waals surface area contributed by atoms with Gasteiger partial charge in [-0.3, -0.25) is 0 Å². The van der Waals surface area contributed by atoms with Crippen LogP contribution < -0.4 is 0 Å². The summed E-state index contributed by atoms with van der Waals surface area (Å²) < 4.78 is 46.1. The third-order valence-electron chi connectivity index (χ3n) is 1.10. The van der Waals surface area contributed by atoms with E-state index >= 15 is 0 Å². The van der Waals surface area contributed by atoms with Crippen molar-refractivity contribution in [2.24, 2.45) is 0 Å². The smallest absolute Gasteiger partial charge is 0.200 e. The average Bonchev–Trinajstić information content (AvgIpc) is 1.64. The average molecular weight is 127 g/mol. The maximum Gasteiger partial charge on any atom is 0.313 e.